The van der Waals surface area contributed by atoms with E-state index in [0.717, 1.165) is 38.5 Å². The SMILES string of the molecule is C[C@H](CCC1OC(C)(C)OC1(C)C)[C@H]1CC(=O)[C@@]2(C)C3=CCC4C(C)(C)[C@@H](O)CC[C@]4(C)C3=CC[C@]12C. The number of ketones is 1. The predicted octanol–water partition coefficient (Wildman–Crippen LogP) is 7.40. The summed E-state index contributed by atoms with van der Waals surface area (Å²) in [5.41, 5.74) is 1.84. The van der Waals surface area contributed by atoms with Gasteiger partial charge < -0.3 is 14.6 Å². The highest BCUT2D eigenvalue weighted by Gasteiger charge is 2.66. The standard InChI is InChI=1S/C33H52O4/c1-20(11-14-27-29(4,5)37-30(6,7)36-27)23-19-26(35)33(10)22-12-13-24-28(2,3)25(34)16-17-31(24,8)21(22)15-18-32(23,33)9/h12,15,20,23-25,27,34H,11,13-14,16-19H2,1-10H3/t20-,23-,24?,25+,27?,31-,32-,33-/m1/s1. The molecule has 208 valence electrons. The second-order valence-electron chi connectivity index (χ2n) is 15.6. The molecule has 1 heterocycles. The van der Waals surface area contributed by atoms with Crippen LogP contribution in [0.3, 0.4) is 0 Å². The summed E-state index contributed by atoms with van der Waals surface area (Å²) in [5.74, 6) is 1.09. The zero-order valence-corrected chi connectivity index (χ0v) is 25.2. The van der Waals surface area contributed by atoms with E-state index in [1.807, 2.05) is 13.8 Å². The molecule has 1 aliphatic heterocycles. The number of carbonyl (C=O) groups is 1. The van der Waals surface area contributed by atoms with Gasteiger partial charge in [0.1, 0.15) is 5.78 Å². The van der Waals surface area contributed by atoms with Crippen LogP contribution in [0, 0.1) is 39.4 Å². The molecule has 2 saturated carbocycles. The van der Waals surface area contributed by atoms with Crippen LogP contribution in [0.1, 0.15) is 114 Å². The van der Waals surface area contributed by atoms with Gasteiger partial charge in [-0.1, -0.05) is 46.8 Å². The Labute approximate surface area is 225 Å². The summed E-state index contributed by atoms with van der Waals surface area (Å²) in [7, 11) is 0. The van der Waals surface area contributed by atoms with Crippen molar-refractivity contribution in [2.45, 2.75) is 138 Å². The predicted molar refractivity (Wildman–Crippen MR) is 148 cm³/mol. The first-order valence-corrected chi connectivity index (χ1v) is 14.9. The minimum atomic E-state index is -0.541. The van der Waals surface area contributed by atoms with E-state index in [-0.39, 0.29) is 34.1 Å². The molecule has 0 aromatic rings. The van der Waals surface area contributed by atoms with Crippen molar-refractivity contribution in [3.63, 3.8) is 0 Å². The first-order chi connectivity index (χ1) is 16.9. The van der Waals surface area contributed by atoms with Crippen molar-refractivity contribution in [3.8, 4) is 0 Å². The van der Waals surface area contributed by atoms with Gasteiger partial charge in [0.25, 0.3) is 0 Å². The van der Waals surface area contributed by atoms with Crippen LogP contribution >= 0.6 is 0 Å². The maximum atomic E-state index is 14.0. The van der Waals surface area contributed by atoms with Gasteiger partial charge in [-0.05, 0) is 118 Å². The lowest BCUT2D eigenvalue weighted by atomic mass is 9.44. The summed E-state index contributed by atoms with van der Waals surface area (Å²) < 4.78 is 12.5. The zero-order chi connectivity index (χ0) is 27.4. The maximum Gasteiger partial charge on any atom is 0.164 e. The van der Waals surface area contributed by atoms with E-state index in [1.165, 1.54) is 11.1 Å². The molecular weight excluding hydrogens is 460 g/mol. The molecule has 4 nitrogen and oxygen atoms in total. The summed E-state index contributed by atoms with van der Waals surface area (Å²) >= 11 is 0. The first kappa shape index (κ1) is 27.6. The Hall–Kier alpha value is -0.970. The molecule has 3 fully saturated rings. The van der Waals surface area contributed by atoms with Crippen molar-refractivity contribution in [1.82, 2.24) is 0 Å². The Morgan fingerprint density at radius 1 is 1.03 bits per heavy atom. The number of hydrogen-bond acceptors (Lipinski definition) is 4. The summed E-state index contributed by atoms with van der Waals surface area (Å²) in [4.78, 5) is 14.0. The van der Waals surface area contributed by atoms with Crippen LogP contribution in [0.5, 0.6) is 0 Å². The number of hydrogen-bond donors (Lipinski definition) is 1. The number of ether oxygens (including phenoxy) is 2. The monoisotopic (exact) mass is 512 g/mol. The zero-order valence-electron chi connectivity index (χ0n) is 25.2. The van der Waals surface area contributed by atoms with E-state index in [2.05, 4.69) is 67.5 Å². The van der Waals surface area contributed by atoms with Crippen molar-refractivity contribution >= 4 is 5.78 Å². The second-order valence-corrected chi connectivity index (χ2v) is 15.6. The highest BCUT2D eigenvalue weighted by molar-refractivity contribution is 5.93. The lowest BCUT2D eigenvalue weighted by molar-refractivity contribution is -0.157. The molecule has 4 aliphatic carbocycles. The minimum absolute atomic E-state index is 0.0271. The topological polar surface area (TPSA) is 55.8 Å². The molecular formula is C33H52O4. The second kappa shape index (κ2) is 8.27. The molecule has 4 heteroatoms. The quantitative estimate of drug-likeness (QED) is 0.426. The molecule has 0 aromatic carbocycles. The third-order valence-corrected chi connectivity index (χ3v) is 12.4. The van der Waals surface area contributed by atoms with Gasteiger partial charge in [0.05, 0.1) is 23.2 Å². The van der Waals surface area contributed by atoms with Crippen LogP contribution < -0.4 is 0 Å². The molecule has 5 aliphatic rings. The molecule has 37 heavy (non-hydrogen) atoms. The lowest BCUT2D eigenvalue weighted by Crippen LogP contribution is -2.55. The van der Waals surface area contributed by atoms with Gasteiger partial charge in [0.2, 0.25) is 0 Å². The Kier molecular flexibility index (Phi) is 6.17. The van der Waals surface area contributed by atoms with Gasteiger partial charge in [0, 0.05) is 6.42 Å². The normalized spacial score (nSPS) is 46.4. The van der Waals surface area contributed by atoms with E-state index >= 15 is 0 Å². The van der Waals surface area contributed by atoms with Gasteiger partial charge >= 0.3 is 0 Å². The Morgan fingerprint density at radius 3 is 2.32 bits per heavy atom. The van der Waals surface area contributed by atoms with E-state index in [1.54, 1.807) is 0 Å². The molecule has 0 amide bonds. The van der Waals surface area contributed by atoms with Crippen LogP contribution in [0.2, 0.25) is 0 Å². The molecule has 8 atom stereocenters. The third-order valence-electron chi connectivity index (χ3n) is 12.4. The average Bonchev–Trinajstić information content (AvgIpc) is 3.14. The van der Waals surface area contributed by atoms with Gasteiger partial charge in [-0.3, -0.25) is 4.79 Å². The summed E-state index contributed by atoms with van der Waals surface area (Å²) in [6, 6.07) is 0. The minimum Gasteiger partial charge on any atom is -0.393 e. The maximum absolute atomic E-state index is 14.0. The van der Waals surface area contributed by atoms with Crippen molar-refractivity contribution in [3.05, 3.63) is 23.3 Å². The number of carbonyl (C=O) groups excluding carboxylic acids is 1. The fourth-order valence-electron chi connectivity index (χ4n) is 9.90. The number of allylic oxidation sites excluding steroid dienone is 4. The first-order valence-electron chi connectivity index (χ1n) is 14.9. The van der Waals surface area contributed by atoms with E-state index in [9.17, 15) is 9.90 Å². The summed E-state index contributed by atoms with van der Waals surface area (Å²) in [5, 5.41) is 10.8. The fourth-order valence-corrected chi connectivity index (χ4v) is 9.90. The molecule has 0 aromatic heterocycles. The summed E-state index contributed by atoms with van der Waals surface area (Å²) in [6.07, 6.45) is 11.2. The van der Waals surface area contributed by atoms with Crippen LogP contribution in [0.25, 0.3) is 0 Å². The van der Waals surface area contributed by atoms with Gasteiger partial charge in [-0.25, -0.2) is 0 Å². The smallest absolute Gasteiger partial charge is 0.164 e. The van der Waals surface area contributed by atoms with Gasteiger partial charge in [0.15, 0.2) is 5.79 Å². The fraction of sp³-hybridized carbons (Fsp3) is 0.848. The van der Waals surface area contributed by atoms with Crippen molar-refractivity contribution in [1.29, 1.82) is 0 Å². The summed E-state index contributed by atoms with van der Waals surface area (Å²) in [6.45, 7) is 22.2. The van der Waals surface area contributed by atoms with E-state index in [4.69, 9.17) is 9.47 Å². The Morgan fingerprint density at radius 2 is 1.70 bits per heavy atom. The molecule has 2 unspecified atom stereocenters. The molecule has 1 N–H and O–H groups in total. The van der Waals surface area contributed by atoms with Crippen molar-refractivity contribution in [2.75, 3.05) is 0 Å². The largest absolute Gasteiger partial charge is 0.393 e. The molecule has 5 rings (SSSR count). The molecule has 0 radical (unpaired) electrons. The van der Waals surface area contributed by atoms with E-state index < -0.39 is 11.2 Å². The number of aliphatic hydroxyl groups is 1. The average molecular weight is 513 g/mol. The Balaban J connectivity index is 1.42. The molecule has 0 bridgehead atoms. The number of fused-ring (bicyclic) bond motifs is 5. The van der Waals surface area contributed by atoms with Crippen molar-refractivity contribution < 1.29 is 19.4 Å². The third kappa shape index (κ3) is 3.74. The van der Waals surface area contributed by atoms with Crippen LogP contribution in [-0.4, -0.2) is 34.5 Å². The van der Waals surface area contributed by atoms with Gasteiger partial charge in [-0.15, -0.1) is 0 Å². The molecule has 1 saturated heterocycles. The lowest BCUT2D eigenvalue weighted by Gasteiger charge is -2.60. The van der Waals surface area contributed by atoms with Crippen LogP contribution in [0.4, 0.5) is 0 Å². The van der Waals surface area contributed by atoms with Crippen LogP contribution in [-0.2, 0) is 14.3 Å². The molecule has 0 spiro atoms. The van der Waals surface area contributed by atoms with Gasteiger partial charge in [-0.2, -0.15) is 0 Å². The van der Waals surface area contributed by atoms with Crippen LogP contribution in [0.15, 0.2) is 23.3 Å². The highest BCUT2D eigenvalue weighted by Crippen LogP contribution is 2.70. The van der Waals surface area contributed by atoms with Crippen molar-refractivity contribution in [2.24, 2.45) is 39.4 Å². The number of rotatable bonds is 4. The Bertz CT molecular complexity index is 1030. The van der Waals surface area contributed by atoms with E-state index in [0.29, 0.717) is 30.0 Å². The number of Topliss-reactive ketones (excluding diaryl/α,β-unsaturated/α-hetero) is 1. The highest BCUT2D eigenvalue weighted by atomic mass is 16.8. The number of aliphatic hydroxyl groups excluding tert-OH is 1.